The number of ether oxygens (including phenoxy) is 1. The molecule has 90 valence electrons. The summed E-state index contributed by atoms with van der Waals surface area (Å²) >= 11 is 6.98. The van der Waals surface area contributed by atoms with Gasteiger partial charge in [0.25, 0.3) is 0 Å². The zero-order chi connectivity index (χ0) is 12.3. The van der Waals surface area contributed by atoms with Gasteiger partial charge in [0.15, 0.2) is 0 Å². The molecule has 16 heavy (non-hydrogen) atoms. The van der Waals surface area contributed by atoms with Crippen LogP contribution in [-0.2, 0) is 6.54 Å². The van der Waals surface area contributed by atoms with Gasteiger partial charge < -0.3 is 10.1 Å². The second-order valence-electron chi connectivity index (χ2n) is 4.68. The van der Waals surface area contributed by atoms with E-state index in [-0.39, 0.29) is 5.54 Å². The number of hydrogen-bond acceptors (Lipinski definition) is 2. The minimum Gasteiger partial charge on any atom is -0.495 e. The normalized spacial score (nSPS) is 11.6. The Labute approximate surface area is 114 Å². The predicted octanol–water partition coefficient (Wildman–Crippen LogP) is 4.11. The molecule has 0 amide bonds. The molecule has 1 rings (SSSR count). The maximum absolute atomic E-state index is 5.39. The van der Waals surface area contributed by atoms with Gasteiger partial charge in [-0.15, -0.1) is 0 Å². The van der Waals surface area contributed by atoms with Crippen LogP contribution in [0, 0.1) is 0 Å². The molecule has 0 atom stereocenters. The van der Waals surface area contributed by atoms with Crippen LogP contribution in [0.1, 0.15) is 26.3 Å². The molecule has 1 aromatic carbocycles. The average Bonchev–Trinajstić information content (AvgIpc) is 2.12. The first-order chi connectivity index (χ1) is 7.33. The summed E-state index contributed by atoms with van der Waals surface area (Å²) in [7, 11) is 1.69. The molecule has 0 saturated heterocycles. The molecule has 0 spiro atoms. The fraction of sp³-hybridized carbons (Fsp3) is 0.500. The van der Waals surface area contributed by atoms with E-state index < -0.39 is 0 Å². The van der Waals surface area contributed by atoms with Crippen molar-refractivity contribution in [2.75, 3.05) is 7.11 Å². The quantitative estimate of drug-likeness (QED) is 0.885. The maximum Gasteiger partial charge on any atom is 0.137 e. The van der Waals surface area contributed by atoms with E-state index in [9.17, 15) is 0 Å². The summed E-state index contributed by atoms with van der Waals surface area (Å²) in [6, 6.07) is 4.06. The summed E-state index contributed by atoms with van der Waals surface area (Å²) in [5.41, 5.74) is 1.23. The van der Waals surface area contributed by atoms with Crippen LogP contribution in [0.2, 0.25) is 0 Å². The molecular formula is C12H17Br2NO. The third kappa shape index (κ3) is 4.07. The highest BCUT2D eigenvalue weighted by Crippen LogP contribution is 2.32. The van der Waals surface area contributed by atoms with Crippen LogP contribution < -0.4 is 10.1 Å². The van der Waals surface area contributed by atoms with Crippen molar-refractivity contribution in [2.45, 2.75) is 32.9 Å². The minimum atomic E-state index is 0.0970. The lowest BCUT2D eigenvalue weighted by Crippen LogP contribution is -2.35. The Hall–Kier alpha value is -0.0600. The zero-order valence-corrected chi connectivity index (χ0v) is 13.2. The third-order valence-electron chi connectivity index (χ3n) is 2.10. The molecule has 1 N–H and O–H groups in total. The van der Waals surface area contributed by atoms with E-state index in [0.29, 0.717) is 0 Å². The van der Waals surface area contributed by atoms with Crippen LogP contribution in [0.25, 0.3) is 0 Å². The Morgan fingerprint density at radius 3 is 2.38 bits per heavy atom. The molecule has 0 aromatic heterocycles. The summed E-state index contributed by atoms with van der Waals surface area (Å²) in [4.78, 5) is 0. The monoisotopic (exact) mass is 349 g/mol. The van der Waals surface area contributed by atoms with Gasteiger partial charge in [0.05, 0.1) is 11.6 Å². The number of halogens is 2. The van der Waals surface area contributed by atoms with Gasteiger partial charge in [0.2, 0.25) is 0 Å². The second-order valence-corrected chi connectivity index (χ2v) is 6.45. The van der Waals surface area contributed by atoms with Gasteiger partial charge >= 0.3 is 0 Å². The summed E-state index contributed by atoms with van der Waals surface area (Å²) in [5, 5.41) is 3.45. The highest BCUT2D eigenvalue weighted by Gasteiger charge is 2.13. The van der Waals surface area contributed by atoms with E-state index >= 15 is 0 Å². The first-order valence-electron chi connectivity index (χ1n) is 5.10. The first kappa shape index (κ1) is 14.0. The van der Waals surface area contributed by atoms with E-state index in [1.54, 1.807) is 7.11 Å². The second kappa shape index (κ2) is 5.52. The molecule has 0 radical (unpaired) electrons. The lowest BCUT2D eigenvalue weighted by molar-refractivity contribution is 0.390. The summed E-state index contributed by atoms with van der Waals surface area (Å²) in [6.07, 6.45) is 0. The van der Waals surface area contributed by atoms with Gasteiger partial charge in [-0.1, -0.05) is 15.9 Å². The molecule has 0 bridgehead atoms. The number of methoxy groups -OCH3 is 1. The Morgan fingerprint density at radius 1 is 1.25 bits per heavy atom. The molecule has 0 aliphatic heterocycles. The number of nitrogens with one attached hydrogen (secondary N) is 1. The number of hydrogen-bond donors (Lipinski definition) is 1. The Balaban J connectivity index is 2.94. The lowest BCUT2D eigenvalue weighted by atomic mass is 10.1. The number of benzene rings is 1. The van der Waals surface area contributed by atoms with Gasteiger partial charge in [-0.3, -0.25) is 0 Å². The van der Waals surface area contributed by atoms with Crippen molar-refractivity contribution in [3.63, 3.8) is 0 Å². The van der Waals surface area contributed by atoms with Crippen LogP contribution in [-0.4, -0.2) is 12.6 Å². The minimum absolute atomic E-state index is 0.0970. The fourth-order valence-corrected chi connectivity index (χ4v) is 2.81. The van der Waals surface area contributed by atoms with Gasteiger partial charge in [0, 0.05) is 22.1 Å². The van der Waals surface area contributed by atoms with Gasteiger partial charge in [-0.2, -0.15) is 0 Å². The standard InChI is InChI=1S/C12H17Br2NO/c1-12(2,3)15-7-8-5-9(13)6-10(14)11(8)16-4/h5-6,15H,7H2,1-4H3. The van der Waals surface area contributed by atoms with Crippen LogP contribution in [0.15, 0.2) is 21.1 Å². The SMILES string of the molecule is COc1c(Br)cc(Br)cc1CNC(C)(C)C. The van der Waals surface area contributed by atoms with Crippen molar-refractivity contribution < 1.29 is 4.74 Å². The molecule has 0 aliphatic rings. The summed E-state index contributed by atoms with van der Waals surface area (Å²) in [6.45, 7) is 7.22. The smallest absolute Gasteiger partial charge is 0.137 e. The Morgan fingerprint density at radius 2 is 1.88 bits per heavy atom. The third-order valence-corrected chi connectivity index (χ3v) is 3.15. The fourth-order valence-electron chi connectivity index (χ4n) is 1.33. The van der Waals surface area contributed by atoms with E-state index in [1.165, 1.54) is 0 Å². The molecule has 0 saturated carbocycles. The van der Waals surface area contributed by atoms with Crippen molar-refractivity contribution in [1.82, 2.24) is 5.32 Å². The van der Waals surface area contributed by atoms with Crippen LogP contribution in [0.4, 0.5) is 0 Å². The van der Waals surface area contributed by atoms with E-state index in [1.807, 2.05) is 6.07 Å². The highest BCUT2D eigenvalue weighted by atomic mass is 79.9. The summed E-state index contributed by atoms with van der Waals surface area (Å²) in [5.74, 6) is 0.889. The van der Waals surface area contributed by atoms with Gasteiger partial charge in [-0.25, -0.2) is 0 Å². The maximum atomic E-state index is 5.39. The average molecular weight is 351 g/mol. The van der Waals surface area contributed by atoms with Gasteiger partial charge in [-0.05, 0) is 48.8 Å². The predicted molar refractivity (Wildman–Crippen MR) is 75.0 cm³/mol. The molecule has 0 unspecified atom stereocenters. The molecule has 1 aromatic rings. The van der Waals surface area contributed by atoms with Crippen molar-refractivity contribution in [3.05, 3.63) is 26.6 Å². The van der Waals surface area contributed by atoms with E-state index in [2.05, 4.69) is 64.0 Å². The Bertz CT molecular complexity index is 372. The topological polar surface area (TPSA) is 21.3 Å². The van der Waals surface area contributed by atoms with Crippen molar-refractivity contribution in [1.29, 1.82) is 0 Å². The Kier molecular flexibility index (Phi) is 4.83. The molecule has 4 heteroatoms. The van der Waals surface area contributed by atoms with Crippen LogP contribution in [0.5, 0.6) is 5.75 Å². The zero-order valence-electron chi connectivity index (χ0n) is 10.0. The highest BCUT2D eigenvalue weighted by molar-refractivity contribution is 9.11. The first-order valence-corrected chi connectivity index (χ1v) is 6.69. The molecule has 2 nitrogen and oxygen atoms in total. The van der Waals surface area contributed by atoms with E-state index in [0.717, 1.165) is 26.8 Å². The molecule has 0 aliphatic carbocycles. The molecule has 0 fully saturated rings. The summed E-state index contributed by atoms with van der Waals surface area (Å²) < 4.78 is 7.40. The largest absolute Gasteiger partial charge is 0.495 e. The van der Waals surface area contributed by atoms with Gasteiger partial charge in [0.1, 0.15) is 5.75 Å². The lowest BCUT2D eigenvalue weighted by Gasteiger charge is -2.22. The van der Waals surface area contributed by atoms with Crippen LogP contribution >= 0.6 is 31.9 Å². The van der Waals surface area contributed by atoms with Crippen molar-refractivity contribution in [2.24, 2.45) is 0 Å². The van der Waals surface area contributed by atoms with Crippen LogP contribution in [0.3, 0.4) is 0 Å². The van der Waals surface area contributed by atoms with Crippen molar-refractivity contribution >= 4 is 31.9 Å². The van der Waals surface area contributed by atoms with E-state index in [4.69, 9.17) is 4.74 Å². The molecule has 0 heterocycles. The number of rotatable bonds is 3. The molecular weight excluding hydrogens is 334 g/mol. The van der Waals surface area contributed by atoms with Crippen molar-refractivity contribution in [3.8, 4) is 5.75 Å².